The molecule has 0 radical (unpaired) electrons. The number of para-hydroxylation sites is 1. The molecular weight excluding hydrogens is 496 g/mol. The van der Waals surface area contributed by atoms with Gasteiger partial charge in [-0.3, -0.25) is 4.79 Å². The minimum absolute atomic E-state index is 0. The summed E-state index contributed by atoms with van der Waals surface area (Å²) in [5, 5.41) is 5.62. The molecule has 0 unspecified atom stereocenters. The van der Waals surface area contributed by atoms with Crippen molar-refractivity contribution in [2.24, 2.45) is 0 Å². The van der Waals surface area contributed by atoms with Crippen molar-refractivity contribution in [3.8, 4) is 22.8 Å². The van der Waals surface area contributed by atoms with E-state index in [1.54, 1.807) is 4.90 Å². The molecule has 5 rings (SSSR count). The fraction of sp³-hybridized carbons (Fsp3) is 0.200. The van der Waals surface area contributed by atoms with Gasteiger partial charge in [0.2, 0.25) is 5.91 Å². The zero-order valence-corrected chi connectivity index (χ0v) is 20.2. The number of nitrogens with two attached hydrogens (primary N) is 1. The molecule has 1 saturated heterocycles. The van der Waals surface area contributed by atoms with Gasteiger partial charge in [0, 0.05) is 18.7 Å². The largest absolute Gasteiger partial charge is 0.457 e. The third-order valence-corrected chi connectivity index (χ3v) is 5.85. The van der Waals surface area contributed by atoms with Crippen molar-refractivity contribution in [3.05, 3.63) is 73.6 Å². The molecule has 174 valence electrons. The first-order chi connectivity index (χ1) is 16.1. The van der Waals surface area contributed by atoms with Crippen molar-refractivity contribution in [2.75, 3.05) is 18.8 Å². The quantitative estimate of drug-likeness (QED) is 0.379. The Morgan fingerprint density at radius 1 is 1.09 bits per heavy atom. The van der Waals surface area contributed by atoms with Gasteiger partial charge in [-0.25, -0.2) is 14.6 Å². The summed E-state index contributed by atoms with van der Waals surface area (Å²) in [7, 11) is 0. The lowest BCUT2D eigenvalue weighted by atomic mass is 10.1. The van der Waals surface area contributed by atoms with Crippen LogP contribution in [0.5, 0.6) is 11.5 Å². The summed E-state index contributed by atoms with van der Waals surface area (Å²) in [6.07, 6.45) is 4.58. The number of aromatic nitrogens is 4. The zero-order valence-electron chi connectivity index (χ0n) is 18.5. The van der Waals surface area contributed by atoms with Crippen LogP contribution < -0.4 is 10.5 Å². The van der Waals surface area contributed by atoms with Crippen LogP contribution in [0.25, 0.3) is 22.3 Å². The van der Waals surface area contributed by atoms with Crippen LogP contribution in [0.1, 0.15) is 18.9 Å². The highest BCUT2D eigenvalue weighted by Gasteiger charge is 2.28. The Hall–Kier alpha value is -3.72. The van der Waals surface area contributed by atoms with Gasteiger partial charge in [-0.1, -0.05) is 24.8 Å². The van der Waals surface area contributed by atoms with Crippen LogP contribution in [0, 0.1) is 0 Å². The van der Waals surface area contributed by atoms with Crippen LogP contribution in [-0.2, 0) is 4.79 Å². The predicted octanol–water partition coefficient (Wildman–Crippen LogP) is 4.80. The normalized spacial score (nSPS) is 15.5. The summed E-state index contributed by atoms with van der Waals surface area (Å²) in [5.74, 6) is 1.80. The molecule has 1 aliphatic heterocycles. The summed E-state index contributed by atoms with van der Waals surface area (Å²) < 4.78 is 7.79. The lowest BCUT2D eigenvalue weighted by Gasteiger charge is -2.32. The van der Waals surface area contributed by atoms with Gasteiger partial charge < -0.3 is 15.4 Å². The Morgan fingerprint density at radius 3 is 2.56 bits per heavy atom. The van der Waals surface area contributed by atoms with Crippen LogP contribution in [0.15, 0.2) is 73.6 Å². The van der Waals surface area contributed by atoms with Crippen molar-refractivity contribution in [1.29, 1.82) is 0 Å². The second kappa shape index (κ2) is 10.0. The van der Waals surface area contributed by atoms with Gasteiger partial charge >= 0.3 is 0 Å². The molecule has 0 saturated carbocycles. The number of ether oxygens (including phenoxy) is 1. The number of carbonyl (C=O) groups is 1. The topological polar surface area (TPSA) is 99.2 Å². The molecule has 34 heavy (non-hydrogen) atoms. The van der Waals surface area contributed by atoms with Crippen LogP contribution in [0.2, 0.25) is 0 Å². The summed E-state index contributed by atoms with van der Waals surface area (Å²) in [4.78, 5) is 22.7. The maximum absolute atomic E-state index is 12.2. The Labute approximate surface area is 207 Å². The van der Waals surface area contributed by atoms with E-state index in [9.17, 15) is 4.79 Å². The van der Waals surface area contributed by atoms with E-state index in [1.807, 2.05) is 59.3 Å². The molecule has 8 nitrogen and oxygen atoms in total. The lowest BCUT2D eigenvalue weighted by molar-refractivity contribution is -0.127. The minimum Gasteiger partial charge on any atom is -0.457 e. The summed E-state index contributed by atoms with van der Waals surface area (Å²) >= 11 is 0. The molecule has 2 aromatic carbocycles. The number of anilines is 1. The van der Waals surface area contributed by atoms with Gasteiger partial charge in [0.25, 0.3) is 0 Å². The van der Waals surface area contributed by atoms with E-state index in [0.717, 1.165) is 29.9 Å². The Kier molecular flexibility index (Phi) is 6.93. The second-order valence-electron chi connectivity index (χ2n) is 7.97. The summed E-state index contributed by atoms with van der Waals surface area (Å²) in [6.45, 7) is 4.88. The number of amides is 1. The smallest absolute Gasteiger partial charge is 0.246 e. The first-order valence-electron chi connectivity index (χ1n) is 10.9. The molecule has 1 aliphatic rings. The minimum atomic E-state index is -0.0699. The van der Waals surface area contributed by atoms with Crippen LogP contribution in [0.4, 0.5) is 5.82 Å². The maximum atomic E-state index is 12.2. The fourth-order valence-electron chi connectivity index (χ4n) is 4.24. The predicted molar refractivity (Wildman–Crippen MR) is 137 cm³/mol. The Morgan fingerprint density at radius 2 is 1.82 bits per heavy atom. The van der Waals surface area contributed by atoms with Gasteiger partial charge in [0.05, 0.1) is 11.4 Å². The molecule has 0 aliphatic carbocycles. The van der Waals surface area contributed by atoms with E-state index in [0.29, 0.717) is 35.6 Å². The van der Waals surface area contributed by atoms with Gasteiger partial charge in [0.1, 0.15) is 29.3 Å². The van der Waals surface area contributed by atoms with Gasteiger partial charge in [-0.05, 0) is 55.3 Å². The summed E-state index contributed by atoms with van der Waals surface area (Å²) in [6, 6.07) is 17.3. The molecule has 3 heterocycles. The van der Waals surface area contributed by atoms with Crippen molar-refractivity contribution >= 4 is 39.7 Å². The number of halogens is 1. The highest BCUT2D eigenvalue weighted by Crippen LogP contribution is 2.34. The van der Waals surface area contributed by atoms with Crippen molar-refractivity contribution < 1.29 is 9.53 Å². The van der Waals surface area contributed by atoms with E-state index in [4.69, 9.17) is 15.6 Å². The zero-order chi connectivity index (χ0) is 22.8. The van der Waals surface area contributed by atoms with Gasteiger partial charge in [-0.15, -0.1) is 17.0 Å². The van der Waals surface area contributed by atoms with Gasteiger partial charge in [-0.2, -0.15) is 5.10 Å². The first-order valence-corrected chi connectivity index (χ1v) is 10.9. The second-order valence-corrected chi connectivity index (χ2v) is 7.97. The average molecular weight is 521 g/mol. The van der Waals surface area contributed by atoms with Crippen LogP contribution >= 0.6 is 17.0 Å². The molecule has 1 amide bonds. The molecule has 0 spiro atoms. The molecule has 0 bridgehead atoms. The number of nitrogens with zero attached hydrogens (tertiary/aromatic N) is 5. The number of piperidine rings is 1. The van der Waals surface area contributed by atoms with Gasteiger partial charge in [0.15, 0.2) is 5.65 Å². The van der Waals surface area contributed by atoms with Crippen molar-refractivity contribution in [3.63, 3.8) is 0 Å². The number of benzene rings is 2. The number of hydrogen-bond donors (Lipinski definition) is 1. The van der Waals surface area contributed by atoms with E-state index in [-0.39, 0.29) is 28.9 Å². The number of fused-ring (bicyclic) bond motifs is 1. The summed E-state index contributed by atoms with van der Waals surface area (Å²) in [5.41, 5.74) is 8.52. The molecule has 1 fully saturated rings. The molecule has 1 atom stereocenters. The third kappa shape index (κ3) is 4.51. The maximum Gasteiger partial charge on any atom is 0.246 e. The first kappa shape index (κ1) is 23.4. The molecule has 2 N–H and O–H groups in total. The monoisotopic (exact) mass is 520 g/mol. The molecule has 2 aromatic heterocycles. The number of carbonyl (C=O) groups excluding carboxylic acids is 1. The lowest BCUT2D eigenvalue weighted by Crippen LogP contribution is -2.40. The number of nitrogen functional groups attached to an aromatic ring is 1. The molecular formula is C25H25BrN6O2. The van der Waals surface area contributed by atoms with E-state index >= 15 is 0 Å². The van der Waals surface area contributed by atoms with E-state index in [1.165, 1.54) is 12.4 Å². The standard InChI is InChI=1S/C25H24N6O2.BrH/c1-2-21(32)30-14-6-7-18(15-30)31-25-22(24(26)27-16-28-25)23(29-31)17-10-12-20(13-11-17)33-19-8-4-3-5-9-19;/h2-5,8-13,16,18H,1,6-7,14-15H2,(H2,26,27,28);1H/t18-;/m0./s1. The Bertz CT molecular complexity index is 1310. The number of hydrogen-bond acceptors (Lipinski definition) is 6. The van der Waals surface area contributed by atoms with E-state index < -0.39 is 0 Å². The van der Waals surface area contributed by atoms with Crippen LogP contribution in [0.3, 0.4) is 0 Å². The van der Waals surface area contributed by atoms with Crippen LogP contribution in [-0.4, -0.2) is 43.6 Å². The van der Waals surface area contributed by atoms with E-state index in [2.05, 4.69) is 16.5 Å². The third-order valence-electron chi connectivity index (χ3n) is 5.85. The fourth-order valence-corrected chi connectivity index (χ4v) is 4.24. The molecule has 4 aromatic rings. The molecule has 9 heteroatoms. The van der Waals surface area contributed by atoms with Crippen molar-refractivity contribution in [2.45, 2.75) is 18.9 Å². The number of rotatable bonds is 5. The number of likely N-dealkylation sites (tertiary alicyclic amines) is 1. The average Bonchev–Trinajstić information content (AvgIpc) is 3.26. The highest BCUT2D eigenvalue weighted by atomic mass is 79.9. The SMILES string of the molecule is Br.C=CC(=O)N1CCC[C@H](n2nc(-c3ccc(Oc4ccccc4)cc3)c3c(N)ncnc32)C1. The Balaban J connectivity index is 0.00000274. The highest BCUT2D eigenvalue weighted by molar-refractivity contribution is 8.93. The van der Waals surface area contributed by atoms with Crippen molar-refractivity contribution in [1.82, 2.24) is 24.6 Å².